The van der Waals surface area contributed by atoms with E-state index >= 15 is 0 Å². The average molecular weight is 290 g/mol. The third-order valence-corrected chi connectivity index (χ3v) is 6.43. The molecule has 4 atom stereocenters. The molecule has 0 radical (unpaired) electrons. The lowest BCUT2D eigenvalue weighted by Gasteiger charge is -2.36. The number of rotatable bonds is 3. The molecule has 0 spiro atoms. The molecule has 3 rings (SSSR count). The Morgan fingerprint density at radius 1 is 1.16 bits per heavy atom. The van der Waals surface area contributed by atoms with Crippen LogP contribution in [0.1, 0.15) is 12.8 Å². The first-order valence-corrected chi connectivity index (χ1v) is 8.60. The van der Waals surface area contributed by atoms with Crippen molar-refractivity contribution in [3.05, 3.63) is 0 Å². The zero-order chi connectivity index (χ0) is 13.5. The number of sulfonamides is 1. The van der Waals surface area contributed by atoms with Crippen molar-refractivity contribution in [3.8, 4) is 0 Å². The molecule has 2 heterocycles. The van der Waals surface area contributed by atoms with E-state index in [4.69, 9.17) is 15.2 Å². The Labute approximate surface area is 114 Å². The number of nitrogens with two attached hydrogens (primary N) is 1. The Balaban J connectivity index is 1.64. The van der Waals surface area contributed by atoms with E-state index in [-0.39, 0.29) is 17.9 Å². The van der Waals surface area contributed by atoms with Gasteiger partial charge >= 0.3 is 0 Å². The average Bonchev–Trinajstić information content (AvgIpc) is 2.62. The summed E-state index contributed by atoms with van der Waals surface area (Å²) in [6, 6.07) is 0.181. The molecule has 1 aliphatic carbocycles. The number of hydrogen-bond donors (Lipinski definition) is 1. The molecule has 2 N–H and O–H groups in total. The van der Waals surface area contributed by atoms with Gasteiger partial charge in [-0.1, -0.05) is 0 Å². The van der Waals surface area contributed by atoms with Crippen LogP contribution in [-0.4, -0.2) is 63.5 Å². The normalized spacial score (nSPS) is 40.5. The van der Waals surface area contributed by atoms with Crippen molar-refractivity contribution >= 4 is 10.0 Å². The molecule has 3 fully saturated rings. The molecule has 110 valence electrons. The maximum atomic E-state index is 12.4. The van der Waals surface area contributed by atoms with Crippen LogP contribution < -0.4 is 5.73 Å². The maximum absolute atomic E-state index is 12.4. The van der Waals surface area contributed by atoms with E-state index in [0.717, 1.165) is 12.8 Å². The van der Waals surface area contributed by atoms with Crippen LogP contribution in [0.15, 0.2) is 0 Å². The topological polar surface area (TPSA) is 81.9 Å². The lowest BCUT2D eigenvalue weighted by Crippen LogP contribution is -2.52. The minimum absolute atomic E-state index is 0.0294. The van der Waals surface area contributed by atoms with Crippen molar-refractivity contribution in [2.45, 2.75) is 25.0 Å². The molecule has 19 heavy (non-hydrogen) atoms. The second-order valence-electron chi connectivity index (χ2n) is 5.84. The summed E-state index contributed by atoms with van der Waals surface area (Å²) >= 11 is 0. The molecule has 0 aromatic carbocycles. The zero-order valence-corrected chi connectivity index (χ0v) is 11.8. The summed E-state index contributed by atoms with van der Waals surface area (Å²) in [5, 5.41) is 0. The Bertz CT molecular complexity index is 407. The SMILES string of the molecule is NC1[C@@H]2CC[C@H]1CN(S(=O)(=O)CC1COCCO1)C2. The number of piperidine rings is 1. The number of hydrogen-bond acceptors (Lipinski definition) is 5. The van der Waals surface area contributed by atoms with Crippen LogP contribution in [-0.2, 0) is 19.5 Å². The van der Waals surface area contributed by atoms with Gasteiger partial charge in [0.1, 0.15) is 0 Å². The van der Waals surface area contributed by atoms with Gasteiger partial charge in [-0.3, -0.25) is 0 Å². The van der Waals surface area contributed by atoms with Gasteiger partial charge in [0.05, 0.1) is 31.7 Å². The van der Waals surface area contributed by atoms with Crippen LogP contribution in [0, 0.1) is 11.8 Å². The Hall–Kier alpha value is -0.210. The maximum Gasteiger partial charge on any atom is 0.216 e. The Kier molecular flexibility index (Phi) is 3.83. The first-order chi connectivity index (χ1) is 9.06. The molecular formula is C12H22N2O4S. The van der Waals surface area contributed by atoms with Crippen molar-refractivity contribution in [2.75, 3.05) is 38.7 Å². The standard InChI is InChI=1S/C12H22N2O4S/c13-12-9-1-2-10(12)6-14(5-9)19(15,16)8-11-7-17-3-4-18-11/h9-12H,1-8,13H2/t9-,10+,11?,12?. The molecule has 0 aromatic heterocycles. The van der Waals surface area contributed by atoms with Gasteiger partial charge in [0.15, 0.2) is 0 Å². The summed E-state index contributed by atoms with van der Waals surface area (Å²) in [5.41, 5.74) is 6.11. The number of fused-ring (bicyclic) bond motifs is 2. The summed E-state index contributed by atoms with van der Waals surface area (Å²) in [5.74, 6) is 0.691. The highest BCUT2D eigenvalue weighted by molar-refractivity contribution is 7.89. The lowest BCUT2D eigenvalue weighted by atomic mass is 9.95. The number of nitrogens with zero attached hydrogens (tertiary/aromatic N) is 1. The van der Waals surface area contributed by atoms with Crippen LogP contribution in [0.5, 0.6) is 0 Å². The largest absolute Gasteiger partial charge is 0.376 e. The van der Waals surface area contributed by atoms with Crippen LogP contribution >= 0.6 is 0 Å². The molecule has 1 saturated carbocycles. The van der Waals surface area contributed by atoms with Gasteiger partial charge in [0.25, 0.3) is 0 Å². The van der Waals surface area contributed by atoms with E-state index < -0.39 is 10.0 Å². The quantitative estimate of drug-likeness (QED) is 0.750. The first kappa shape index (κ1) is 13.8. The minimum atomic E-state index is -3.26. The van der Waals surface area contributed by atoms with Crippen molar-refractivity contribution in [3.63, 3.8) is 0 Å². The van der Waals surface area contributed by atoms with E-state index in [0.29, 0.717) is 44.7 Å². The van der Waals surface area contributed by atoms with Crippen molar-refractivity contribution < 1.29 is 17.9 Å². The Morgan fingerprint density at radius 3 is 2.42 bits per heavy atom. The van der Waals surface area contributed by atoms with Gasteiger partial charge in [0.2, 0.25) is 10.0 Å². The van der Waals surface area contributed by atoms with Gasteiger partial charge in [-0.05, 0) is 24.7 Å². The van der Waals surface area contributed by atoms with Gasteiger partial charge in [0, 0.05) is 19.1 Å². The molecule has 6 nitrogen and oxygen atoms in total. The fourth-order valence-corrected chi connectivity index (χ4v) is 5.13. The third-order valence-electron chi connectivity index (χ3n) is 4.55. The molecular weight excluding hydrogens is 268 g/mol. The summed E-state index contributed by atoms with van der Waals surface area (Å²) < 4.78 is 37.2. The van der Waals surface area contributed by atoms with Crippen LogP contribution in [0.2, 0.25) is 0 Å². The smallest absolute Gasteiger partial charge is 0.216 e. The first-order valence-electron chi connectivity index (χ1n) is 6.99. The summed E-state index contributed by atoms with van der Waals surface area (Å²) in [6.07, 6.45) is 1.79. The molecule has 2 saturated heterocycles. The van der Waals surface area contributed by atoms with Gasteiger partial charge in [-0.2, -0.15) is 0 Å². The van der Waals surface area contributed by atoms with Crippen LogP contribution in [0.25, 0.3) is 0 Å². The second kappa shape index (κ2) is 5.29. The van der Waals surface area contributed by atoms with E-state index in [1.165, 1.54) is 0 Å². The highest BCUT2D eigenvalue weighted by Crippen LogP contribution is 2.36. The summed E-state index contributed by atoms with van der Waals surface area (Å²) in [4.78, 5) is 0. The number of ether oxygens (including phenoxy) is 2. The lowest BCUT2D eigenvalue weighted by molar-refractivity contribution is -0.0785. The summed E-state index contributed by atoms with van der Waals surface area (Å²) in [7, 11) is -3.26. The fourth-order valence-electron chi connectivity index (χ4n) is 3.42. The van der Waals surface area contributed by atoms with Crippen molar-refractivity contribution in [2.24, 2.45) is 17.6 Å². The predicted molar refractivity (Wildman–Crippen MR) is 70.1 cm³/mol. The molecule has 2 bridgehead atoms. The molecule has 0 aromatic rings. The second-order valence-corrected chi connectivity index (χ2v) is 7.85. The molecule has 2 aliphatic heterocycles. The fraction of sp³-hybridized carbons (Fsp3) is 1.00. The Morgan fingerprint density at radius 2 is 1.84 bits per heavy atom. The molecule has 0 amide bonds. The minimum Gasteiger partial charge on any atom is -0.376 e. The molecule has 3 aliphatic rings. The van der Waals surface area contributed by atoms with Crippen molar-refractivity contribution in [1.29, 1.82) is 0 Å². The monoisotopic (exact) mass is 290 g/mol. The van der Waals surface area contributed by atoms with Crippen LogP contribution in [0.4, 0.5) is 0 Å². The molecule has 2 unspecified atom stereocenters. The highest BCUT2D eigenvalue weighted by Gasteiger charge is 2.43. The van der Waals surface area contributed by atoms with Crippen molar-refractivity contribution in [1.82, 2.24) is 4.31 Å². The molecule has 7 heteroatoms. The van der Waals surface area contributed by atoms with Gasteiger partial charge in [-0.25, -0.2) is 12.7 Å². The predicted octanol–water partition coefficient (Wildman–Crippen LogP) is -0.599. The van der Waals surface area contributed by atoms with Gasteiger partial charge < -0.3 is 15.2 Å². The van der Waals surface area contributed by atoms with Crippen LogP contribution in [0.3, 0.4) is 0 Å². The summed E-state index contributed by atoms with van der Waals surface area (Å²) in [6.45, 7) is 2.57. The van der Waals surface area contributed by atoms with Gasteiger partial charge in [-0.15, -0.1) is 0 Å². The third kappa shape index (κ3) is 2.80. The van der Waals surface area contributed by atoms with E-state index in [9.17, 15) is 8.42 Å². The van der Waals surface area contributed by atoms with E-state index in [1.54, 1.807) is 4.31 Å². The zero-order valence-electron chi connectivity index (χ0n) is 11.0. The highest BCUT2D eigenvalue weighted by atomic mass is 32.2. The van der Waals surface area contributed by atoms with E-state index in [1.807, 2.05) is 0 Å². The van der Waals surface area contributed by atoms with E-state index in [2.05, 4.69) is 0 Å².